The molecule has 20 heavy (non-hydrogen) atoms. The van der Waals surface area contributed by atoms with Gasteiger partial charge in [0.15, 0.2) is 0 Å². The number of Topliss-reactive ketones (excluding diaryl/α,β-unsaturated/α-hetero) is 1. The molecule has 1 heterocycles. The Morgan fingerprint density at radius 1 is 1.55 bits per heavy atom. The molecule has 1 saturated heterocycles. The van der Waals surface area contributed by atoms with E-state index in [4.69, 9.17) is 0 Å². The fourth-order valence-electron chi connectivity index (χ4n) is 5.08. The molecule has 4 nitrogen and oxygen atoms in total. The number of likely N-dealkylation sites (tertiary alicyclic amines) is 1. The van der Waals surface area contributed by atoms with Crippen LogP contribution >= 0.6 is 0 Å². The average Bonchev–Trinajstić information content (AvgIpc) is 2.37. The smallest absolute Gasteiger partial charge is 0.246 e. The predicted molar refractivity (Wildman–Crippen MR) is 75.0 cm³/mol. The van der Waals surface area contributed by atoms with Crippen molar-refractivity contribution in [1.82, 2.24) is 4.90 Å². The van der Waals surface area contributed by atoms with Crippen molar-refractivity contribution in [3.63, 3.8) is 0 Å². The molecular formula is C16H23NO3. The molecular weight excluding hydrogens is 254 g/mol. The third kappa shape index (κ3) is 1.63. The Hall–Kier alpha value is -1.16. The summed E-state index contributed by atoms with van der Waals surface area (Å²) in [5.41, 5.74) is -1.57. The van der Waals surface area contributed by atoms with Gasteiger partial charge in [-0.3, -0.25) is 9.59 Å². The highest BCUT2D eigenvalue weighted by molar-refractivity contribution is 5.90. The maximum atomic E-state index is 12.3. The minimum atomic E-state index is -0.885. The summed E-state index contributed by atoms with van der Waals surface area (Å²) in [6.45, 7) is 6.37. The van der Waals surface area contributed by atoms with Crippen LogP contribution in [0.5, 0.6) is 0 Å². The van der Waals surface area contributed by atoms with Crippen LogP contribution in [0.25, 0.3) is 0 Å². The van der Waals surface area contributed by atoms with Crippen molar-refractivity contribution in [3.8, 4) is 0 Å². The molecule has 2 aliphatic carbocycles. The SMILES string of the molecule is C=CC(=O)N1CCCC2(O)C3CC(=O)CC12CC(C)C3. The monoisotopic (exact) mass is 277 g/mol. The van der Waals surface area contributed by atoms with E-state index in [2.05, 4.69) is 13.5 Å². The summed E-state index contributed by atoms with van der Waals surface area (Å²) in [6, 6.07) is 0. The summed E-state index contributed by atoms with van der Waals surface area (Å²) < 4.78 is 0. The van der Waals surface area contributed by atoms with Gasteiger partial charge in [0.2, 0.25) is 5.91 Å². The van der Waals surface area contributed by atoms with Crippen LogP contribution in [-0.4, -0.2) is 39.4 Å². The molecule has 3 fully saturated rings. The number of rotatable bonds is 1. The lowest BCUT2D eigenvalue weighted by atomic mass is 9.51. The molecule has 2 bridgehead atoms. The van der Waals surface area contributed by atoms with Crippen molar-refractivity contribution in [2.24, 2.45) is 11.8 Å². The zero-order valence-corrected chi connectivity index (χ0v) is 12.1. The summed E-state index contributed by atoms with van der Waals surface area (Å²) >= 11 is 0. The van der Waals surface area contributed by atoms with Gasteiger partial charge in [-0.15, -0.1) is 0 Å². The van der Waals surface area contributed by atoms with Crippen molar-refractivity contribution in [2.75, 3.05) is 6.54 Å². The molecule has 0 aromatic carbocycles. The van der Waals surface area contributed by atoms with Crippen molar-refractivity contribution < 1.29 is 14.7 Å². The molecule has 0 aromatic heterocycles. The molecule has 4 unspecified atom stereocenters. The van der Waals surface area contributed by atoms with E-state index in [0.717, 1.165) is 19.3 Å². The van der Waals surface area contributed by atoms with E-state index >= 15 is 0 Å². The van der Waals surface area contributed by atoms with Crippen LogP contribution in [0.4, 0.5) is 0 Å². The van der Waals surface area contributed by atoms with Gasteiger partial charge < -0.3 is 10.0 Å². The molecule has 4 atom stereocenters. The second-order valence-corrected chi connectivity index (χ2v) is 6.91. The van der Waals surface area contributed by atoms with Crippen LogP contribution in [-0.2, 0) is 9.59 Å². The van der Waals surface area contributed by atoms with E-state index in [0.29, 0.717) is 31.7 Å². The Morgan fingerprint density at radius 2 is 2.30 bits per heavy atom. The molecule has 4 heteroatoms. The Balaban J connectivity index is 2.11. The van der Waals surface area contributed by atoms with Gasteiger partial charge in [-0.2, -0.15) is 0 Å². The molecule has 0 aromatic rings. The van der Waals surface area contributed by atoms with E-state index in [-0.39, 0.29) is 17.6 Å². The largest absolute Gasteiger partial charge is 0.387 e. The van der Waals surface area contributed by atoms with E-state index in [9.17, 15) is 14.7 Å². The Morgan fingerprint density at radius 3 is 3.00 bits per heavy atom. The van der Waals surface area contributed by atoms with Crippen LogP contribution in [0.3, 0.4) is 0 Å². The number of amides is 1. The average molecular weight is 277 g/mol. The van der Waals surface area contributed by atoms with Crippen LogP contribution in [0.2, 0.25) is 0 Å². The summed E-state index contributed by atoms with van der Waals surface area (Å²) in [4.78, 5) is 26.2. The first-order valence-corrected chi connectivity index (χ1v) is 7.61. The normalized spacial score (nSPS) is 43.9. The molecule has 3 rings (SSSR count). The van der Waals surface area contributed by atoms with Crippen molar-refractivity contribution in [3.05, 3.63) is 12.7 Å². The first kappa shape index (κ1) is 13.8. The number of carbonyl (C=O) groups excluding carboxylic acids is 2. The first-order chi connectivity index (χ1) is 9.43. The molecule has 0 radical (unpaired) electrons. The minimum absolute atomic E-state index is 0.00733. The van der Waals surface area contributed by atoms with Crippen LogP contribution in [0.1, 0.15) is 45.4 Å². The van der Waals surface area contributed by atoms with E-state index < -0.39 is 11.1 Å². The van der Waals surface area contributed by atoms with Gasteiger partial charge in [-0.1, -0.05) is 13.5 Å². The Labute approximate surface area is 119 Å². The lowest BCUT2D eigenvalue weighted by Crippen LogP contribution is -2.75. The number of aliphatic hydroxyl groups is 1. The lowest BCUT2D eigenvalue weighted by molar-refractivity contribution is -0.220. The zero-order valence-electron chi connectivity index (χ0n) is 12.1. The first-order valence-electron chi connectivity index (χ1n) is 7.61. The van der Waals surface area contributed by atoms with E-state index in [1.165, 1.54) is 6.08 Å². The Bertz CT molecular complexity index is 474. The van der Waals surface area contributed by atoms with Gasteiger partial charge in [-0.25, -0.2) is 0 Å². The number of hydrogen-bond donors (Lipinski definition) is 1. The quantitative estimate of drug-likeness (QED) is 0.742. The highest BCUT2D eigenvalue weighted by Crippen LogP contribution is 2.57. The zero-order chi connectivity index (χ0) is 14.5. The van der Waals surface area contributed by atoms with Crippen LogP contribution in [0.15, 0.2) is 12.7 Å². The number of carbonyl (C=O) groups is 2. The fourth-order valence-corrected chi connectivity index (χ4v) is 5.08. The molecule has 110 valence electrons. The number of ketones is 1. The van der Waals surface area contributed by atoms with Gasteiger partial charge in [0.1, 0.15) is 5.78 Å². The predicted octanol–water partition coefficient (Wildman–Crippen LogP) is 1.67. The highest BCUT2D eigenvalue weighted by atomic mass is 16.3. The third-order valence-electron chi connectivity index (χ3n) is 5.71. The third-order valence-corrected chi connectivity index (χ3v) is 5.71. The van der Waals surface area contributed by atoms with Gasteiger partial charge in [0.25, 0.3) is 0 Å². The van der Waals surface area contributed by atoms with Crippen molar-refractivity contribution in [1.29, 1.82) is 0 Å². The maximum Gasteiger partial charge on any atom is 0.246 e. The van der Waals surface area contributed by atoms with Crippen molar-refractivity contribution >= 4 is 11.7 Å². The van der Waals surface area contributed by atoms with E-state index in [1.54, 1.807) is 4.90 Å². The number of piperidine rings is 1. The summed E-state index contributed by atoms with van der Waals surface area (Å²) in [5.74, 6) is 0.487. The van der Waals surface area contributed by atoms with Gasteiger partial charge >= 0.3 is 0 Å². The van der Waals surface area contributed by atoms with Gasteiger partial charge in [-0.05, 0) is 43.6 Å². The Kier molecular flexibility index (Phi) is 3.05. The fraction of sp³-hybridized carbons (Fsp3) is 0.750. The molecule has 2 saturated carbocycles. The summed E-state index contributed by atoms with van der Waals surface area (Å²) in [5, 5.41) is 11.3. The topological polar surface area (TPSA) is 57.6 Å². The standard InChI is InChI=1S/C16H23NO3/c1-3-14(19)17-6-4-5-16(20)12-7-11(2)9-15(16,17)10-13(18)8-12/h3,11-12,20H,1,4-10H2,2H3. The second-order valence-electron chi connectivity index (χ2n) is 6.91. The van der Waals surface area contributed by atoms with Crippen LogP contribution in [0, 0.1) is 11.8 Å². The highest BCUT2D eigenvalue weighted by Gasteiger charge is 2.66. The van der Waals surface area contributed by atoms with Crippen molar-refractivity contribution in [2.45, 2.75) is 56.6 Å². The lowest BCUT2D eigenvalue weighted by Gasteiger charge is -2.65. The van der Waals surface area contributed by atoms with E-state index in [1.807, 2.05) is 0 Å². The molecule has 0 spiro atoms. The van der Waals surface area contributed by atoms with Crippen LogP contribution < -0.4 is 0 Å². The maximum absolute atomic E-state index is 12.3. The van der Waals surface area contributed by atoms with Gasteiger partial charge in [0.05, 0.1) is 11.1 Å². The molecule has 3 aliphatic rings. The number of hydrogen-bond acceptors (Lipinski definition) is 3. The second kappa shape index (κ2) is 4.42. The summed E-state index contributed by atoms with van der Waals surface area (Å²) in [7, 11) is 0. The molecule has 1 aliphatic heterocycles. The molecule has 1 amide bonds. The minimum Gasteiger partial charge on any atom is -0.387 e. The number of nitrogens with zero attached hydrogens (tertiary/aromatic N) is 1. The molecule has 1 N–H and O–H groups in total. The summed E-state index contributed by atoms with van der Waals surface area (Å²) in [6.07, 6.45) is 5.22. The van der Waals surface area contributed by atoms with Gasteiger partial charge in [0, 0.05) is 19.4 Å².